The SMILES string of the molecule is C[SiH](C)c1c(C(=O)Nc2ccc(N3CCC3)nc2)n(Cc2cccc(F)c2)c2ccc(-c3ccccc3)cc12. The average molecular weight is 535 g/mol. The van der Waals surface area contributed by atoms with Gasteiger partial charge in [-0.1, -0.05) is 61.6 Å². The van der Waals surface area contributed by atoms with Crippen LogP contribution >= 0.6 is 0 Å². The third kappa shape index (κ3) is 4.97. The molecule has 3 aromatic carbocycles. The number of aromatic nitrogens is 2. The summed E-state index contributed by atoms with van der Waals surface area (Å²) in [6, 6.07) is 27.2. The number of hydrogen-bond acceptors (Lipinski definition) is 3. The molecule has 5 aromatic rings. The lowest BCUT2D eigenvalue weighted by Crippen LogP contribution is -2.37. The summed E-state index contributed by atoms with van der Waals surface area (Å²) in [5.74, 6) is 0.481. The van der Waals surface area contributed by atoms with E-state index in [0.717, 1.165) is 51.7 Å². The molecule has 1 N–H and O–H groups in total. The second-order valence-corrected chi connectivity index (χ2v) is 13.3. The van der Waals surface area contributed by atoms with Crippen LogP contribution in [-0.4, -0.2) is 37.3 Å². The lowest BCUT2D eigenvalue weighted by atomic mass is 10.0. The van der Waals surface area contributed by atoms with Gasteiger partial charge in [0.15, 0.2) is 0 Å². The number of carbonyl (C=O) groups excluding carboxylic acids is 1. The Hall–Kier alpha value is -4.23. The van der Waals surface area contributed by atoms with Crippen molar-refractivity contribution in [3.05, 3.63) is 108 Å². The topological polar surface area (TPSA) is 50.2 Å². The van der Waals surface area contributed by atoms with Crippen molar-refractivity contribution in [3.63, 3.8) is 0 Å². The fourth-order valence-corrected chi connectivity index (χ4v) is 7.07. The monoisotopic (exact) mass is 534 g/mol. The first kappa shape index (κ1) is 25.1. The highest BCUT2D eigenvalue weighted by Gasteiger charge is 2.26. The van der Waals surface area contributed by atoms with Gasteiger partial charge >= 0.3 is 0 Å². The molecule has 1 fully saturated rings. The minimum atomic E-state index is -1.49. The predicted molar refractivity (Wildman–Crippen MR) is 160 cm³/mol. The Kier molecular flexibility index (Phi) is 6.75. The summed E-state index contributed by atoms with van der Waals surface area (Å²) in [6.45, 7) is 6.93. The van der Waals surface area contributed by atoms with Gasteiger partial charge < -0.3 is 14.8 Å². The van der Waals surface area contributed by atoms with Crippen LogP contribution in [0.5, 0.6) is 0 Å². The molecule has 6 rings (SSSR count). The molecule has 7 heteroatoms. The molecule has 0 spiro atoms. The summed E-state index contributed by atoms with van der Waals surface area (Å²) < 4.78 is 16.2. The minimum Gasteiger partial charge on any atom is -0.356 e. The van der Waals surface area contributed by atoms with Crippen molar-refractivity contribution in [2.45, 2.75) is 26.1 Å². The Morgan fingerprint density at radius 1 is 0.949 bits per heavy atom. The fraction of sp³-hybridized carbons (Fsp3) is 0.188. The van der Waals surface area contributed by atoms with Gasteiger partial charge in [0.05, 0.1) is 20.7 Å². The number of fused-ring (bicyclic) bond motifs is 1. The van der Waals surface area contributed by atoms with Crippen LogP contribution in [0, 0.1) is 5.82 Å². The second kappa shape index (κ2) is 10.5. The molecule has 5 nitrogen and oxygen atoms in total. The van der Waals surface area contributed by atoms with E-state index in [-0.39, 0.29) is 11.7 Å². The van der Waals surface area contributed by atoms with Crippen LogP contribution in [0.2, 0.25) is 13.1 Å². The van der Waals surface area contributed by atoms with E-state index in [1.165, 1.54) is 18.6 Å². The molecule has 0 saturated carbocycles. The number of hydrogen-bond donors (Lipinski definition) is 1. The van der Waals surface area contributed by atoms with Crippen LogP contribution in [0.4, 0.5) is 15.9 Å². The van der Waals surface area contributed by atoms with E-state index in [1.54, 1.807) is 12.3 Å². The van der Waals surface area contributed by atoms with Gasteiger partial charge in [0.25, 0.3) is 5.91 Å². The summed E-state index contributed by atoms with van der Waals surface area (Å²) in [7, 11) is -1.49. The van der Waals surface area contributed by atoms with Gasteiger partial charge in [0.2, 0.25) is 0 Å². The smallest absolute Gasteiger partial charge is 0.272 e. The first-order valence-corrected chi connectivity index (χ1v) is 16.3. The minimum absolute atomic E-state index is 0.168. The molecule has 0 radical (unpaired) electrons. The molecule has 0 bridgehead atoms. The van der Waals surface area contributed by atoms with E-state index in [9.17, 15) is 9.18 Å². The van der Waals surface area contributed by atoms with Gasteiger partial charge in [0, 0.05) is 25.2 Å². The average Bonchev–Trinajstić information content (AvgIpc) is 3.23. The molecule has 1 aliphatic rings. The van der Waals surface area contributed by atoms with Crippen LogP contribution in [0.15, 0.2) is 91.1 Å². The largest absolute Gasteiger partial charge is 0.356 e. The summed E-state index contributed by atoms with van der Waals surface area (Å²) in [6.07, 6.45) is 2.91. The van der Waals surface area contributed by atoms with Crippen molar-refractivity contribution in [1.82, 2.24) is 9.55 Å². The van der Waals surface area contributed by atoms with Gasteiger partial charge in [-0.05, 0) is 70.1 Å². The lowest BCUT2D eigenvalue weighted by molar-refractivity contribution is 0.102. The van der Waals surface area contributed by atoms with E-state index in [4.69, 9.17) is 0 Å². The summed E-state index contributed by atoms with van der Waals surface area (Å²) in [5, 5.41) is 5.31. The molecular weight excluding hydrogens is 503 g/mol. The highest BCUT2D eigenvalue weighted by atomic mass is 28.3. The van der Waals surface area contributed by atoms with E-state index < -0.39 is 8.80 Å². The lowest BCUT2D eigenvalue weighted by Gasteiger charge is -2.31. The Morgan fingerprint density at radius 2 is 1.77 bits per heavy atom. The second-order valence-electron chi connectivity index (χ2n) is 10.4. The van der Waals surface area contributed by atoms with Crippen LogP contribution in [0.1, 0.15) is 22.5 Å². The molecule has 0 atom stereocenters. The van der Waals surface area contributed by atoms with E-state index >= 15 is 0 Å². The number of rotatable bonds is 7. The molecule has 1 aliphatic heterocycles. The van der Waals surface area contributed by atoms with Crippen molar-refractivity contribution >= 4 is 42.3 Å². The number of anilines is 2. The van der Waals surface area contributed by atoms with Crippen molar-refractivity contribution in [3.8, 4) is 11.1 Å². The number of halogens is 1. The molecule has 0 aliphatic carbocycles. The third-order valence-corrected chi connectivity index (χ3v) is 9.16. The zero-order valence-corrected chi connectivity index (χ0v) is 23.3. The van der Waals surface area contributed by atoms with Crippen LogP contribution in [-0.2, 0) is 6.54 Å². The first-order chi connectivity index (χ1) is 19.0. The molecule has 2 aromatic heterocycles. The maximum Gasteiger partial charge on any atom is 0.272 e. The zero-order valence-electron chi connectivity index (χ0n) is 22.2. The number of nitrogens with one attached hydrogen (secondary N) is 1. The third-order valence-electron chi connectivity index (χ3n) is 7.42. The maximum absolute atomic E-state index is 14.1. The molecule has 3 heterocycles. The predicted octanol–water partition coefficient (Wildman–Crippen LogP) is 6.05. The van der Waals surface area contributed by atoms with E-state index in [2.05, 4.69) is 63.2 Å². The summed E-state index contributed by atoms with van der Waals surface area (Å²) >= 11 is 0. The van der Waals surface area contributed by atoms with E-state index in [1.807, 2.05) is 36.4 Å². The molecular formula is C32H31FN4OSi. The molecule has 0 unspecified atom stereocenters. The standard InChI is InChI=1S/C32H31FN4OSi/c1-39(2)31-27-19-24(23-9-4-3-5-10-23)12-14-28(27)37(21-22-8-6-11-25(33)18-22)30(31)32(38)35-26-13-15-29(34-20-26)36-16-7-17-36/h3-6,8-15,18-20,39H,7,16-17,21H2,1-2H3,(H,35,38). The van der Waals surface area contributed by atoms with Crippen molar-refractivity contribution in [1.29, 1.82) is 0 Å². The number of benzene rings is 3. The van der Waals surface area contributed by atoms with Gasteiger partial charge in [-0.15, -0.1) is 0 Å². The summed E-state index contributed by atoms with van der Waals surface area (Å²) in [4.78, 5) is 20.8. The van der Waals surface area contributed by atoms with Gasteiger partial charge in [-0.3, -0.25) is 4.79 Å². The highest BCUT2D eigenvalue weighted by Crippen LogP contribution is 2.28. The molecule has 196 valence electrons. The van der Waals surface area contributed by atoms with Crippen molar-refractivity contribution in [2.75, 3.05) is 23.3 Å². The van der Waals surface area contributed by atoms with Crippen molar-refractivity contribution < 1.29 is 9.18 Å². The Balaban J connectivity index is 1.46. The Labute approximate surface area is 229 Å². The van der Waals surface area contributed by atoms with Crippen molar-refractivity contribution in [2.24, 2.45) is 0 Å². The Morgan fingerprint density at radius 3 is 2.44 bits per heavy atom. The van der Waals surface area contributed by atoms with Crippen LogP contribution in [0.3, 0.4) is 0 Å². The first-order valence-electron chi connectivity index (χ1n) is 13.5. The number of amides is 1. The fourth-order valence-electron chi connectivity index (χ4n) is 5.38. The Bertz CT molecular complexity index is 1640. The maximum atomic E-state index is 14.1. The number of carbonyl (C=O) groups is 1. The molecule has 39 heavy (non-hydrogen) atoms. The van der Waals surface area contributed by atoms with Gasteiger partial charge in [-0.25, -0.2) is 9.37 Å². The van der Waals surface area contributed by atoms with Crippen LogP contribution in [0.25, 0.3) is 22.0 Å². The molecule has 1 amide bonds. The highest BCUT2D eigenvalue weighted by molar-refractivity contribution is 6.74. The molecule has 1 saturated heterocycles. The zero-order chi connectivity index (χ0) is 26.9. The summed E-state index contributed by atoms with van der Waals surface area (Å²) in [5.41, 5.74) is 5.34. The quantitative estimate of drug-likeness (QED) is 0.259. The van der Waals surface area contributed by atoms with Crippen LogP contribution < -0.4 is 15.4 Å². The van der Waals surface area contributed by atoms with E-state index in [0.29, 0.717) is 17.9 Å². The van der Waals surface area contributed by atoms with Gasteiger partial charge in [-0.2, -0.15) is 0 Å². The number of pyridine rings is 1. The number of nitrogens with zero attached hydrogens (tertiary/aromatic N) is 3. The normalized spacial score (nSPS) is 13.1. The van der Waals surface area contributed by atoms with Gasteiger partial charge in [0.1, 0.15) is 17.3 Å².